The summed E-state index contributed by atoms with van der Waals surface area (Å²) in [6.07, 6.45) is 2.78. The lowest BCUT2D eigenvalue weighted by Gasteiger charge is -2.07. The predicted molar refractivity (Wildman–Crippen MR) is 58.8 cm³/mol. The van der Waals surface area contributed by atoms with Crippen LogP contribution >= 0.6 is 0 Å². The third-order valence-electron chi connectivity index (χ3n) is 2.61. The molecule has 1 unspecified atom stereocenters. The van der Waals surface area contributed by atoms with Crippen molar-refractivity contribution in [2.75, 3.05) is 0 Å². The molecule has 0 spiro atoms. The van der Waals surface area contributed by atoms with Gasteiger partial charge in [-0.25, -0.2) is 9.37 Å². The van der Waals surface area contributed by atoms with Crippen LogP contribution in [-0.4, -0.2) is 9.38 Å². The Morgan fingerprint density at radius 1 is 1.33 bits per heavy atom. The number of pyridine rings is 1. The number of hydrogen-bond acceptors (Lipinski definition) is 1. The van der Waals surface area contributed by atoms with Gasteiger partial charge in [-0.1, -0.05) is 19.9 Å². The molecule has 0 radical (unpaired) electrons. The molecule has 0 N–H and O–H groups in total. The van der Waals surface area contributed by atoms with Crippen molar-refractivity contribution < 1.29 is 4.39 Å². The monoisotopic (exact) mass is 206 g/mol. The van der Waals surface area contributed by atoms with Crippen LogP contribution in [-0.2, 0) is 0 Å². The molecule has 0 aliphatic carbocycles. The van der Waals surface area contributed by atoms with E-state index in [9.17, 15) is 4.39 Å². The largest absolute Gasteiger partial charge is 0.304 e. The zero-order valence-corrected chi connectivity index (χ0v) is 9.24. The van der Waals surface area contributed by atoms with Crippen molar-refractivity contribution in [1.29, 1.82) is 0 Å². The van der Waals surface area contributed by atoms with Crippen molar-refractivity contribution in [2.24, 2.45) is 0 Å². The van der Waals surface area contributed by atoms with Crippen molar-refractivity contribution in [1.82, 2.24) is 9.38 Å². The Balaban J connectivity index is 2.69. The Labute approximate surface area is 88.8 Å². The minimum atomic E-state index is -0.976. The van der Waals surface area contributed by atoms with Gasteiger partial charge in [0.15, 0.2) is 0 Å². The van der Waals surface area contributed by atoms with Gasteiger partial charge in [-0.2, -0.15) is 0 Å². The van der Waals surface area contributed by atoms with Crippen LogP contribution in [0, 0.1) is 0 Å². The fourth-order valence-electron chi connectivity index (χ4n) is 1.79. The van der Waals surface area contributed by atoms with Crippen molar-refractivity contribution in [3.8, 4) is 0 Å². The molecule has 2 heterocycles. The minimum Gasteiger partial charge on any atom is -0.304 e. The van der Waals surface area contributed by atoms with Gasteiger partial charge in [-0.15, -0.1) is 0 Å². The predicted octanol–water partition coefficient (Wildman–Crippen LogP) is 3.49. The van der Waals surface area contributed by atoms with Gasteiger partial charge < -0.3 is 4.40 Å². The highest BCUT2D eigenvalue weighted by Crippen LogP contribution is 2.24. The lowest BCUT2D eigenvalue weighted by atomic mass is 10.1. The van der Waals surface area contributed by atoms with Crippen LogP contribution < -0.4 is 0 Å². The van der Waals surface area contributed by atoms with E-state index in [0.29, 0.717) is 11.5 Å². The first kappa shape index (κ1) is 10.1. The van der Waals surface area contributed by atoms with E-state index in [1.807, 2.05) is 22.9 Å². The first-order valence-electron chi connectivity index (χ1n) is 5.21. The summed E-state index contributed by atoms with van der Waals surface area (Å²) >= 11 is 0. The number of aromatic nitrogens is 2. The molecule has 15 heavy (non-hydrogen) atoms. The summed E-state index contributed by atoms with van der Waals surface area (Å²) in [7, 11) is 0. The van der Waals surface area contributed by atoms with Crippen molar-refractivity contribution in [3.05, 3.63) is 35.8 Å². The van der Waals surface area contributed by atoms with Crippen molar-refractivity contribution in [2.45, 2.75) is 32.9 Å². The summed E-state index contributed by atoms with van der Waals surface area (Å²) < 4.78 is 15.3. The second-order valence-corrected chi connectivity index (χ2v) is 4.11. The summed E-state index contributed by atoms with van der Waals surface area (Å²) in [5.74, 6) is 0.394. The van der Waals surface area contributed by atoms with Crippen LogP contribution in [0.15, 0.2) is 24.5 Å². The first-order chi connectivity index (χ1) is 7.11. The Hall–Kier alpha value is -1.38. The van der Waals surface area contributed by atoms with E-state index >= 15 is 0 Å². The fourth-order valence-corrected chi connectivity index (χ4v) is 1.79. The van der Waals surface area contributed by atoms with Crippen LogP contribution in [0.1, 0.15) is 44.1 Å². The molecule has 0 fully saturated rings. The third kappa shape index (κ3) is 1.62. The van der Waals surface area contributed by atoms with Gasteiger partial charge in [0.2, 0.25) is 0 Å². The minimum absolute atomic E-state index is 0.394. The number of alkyl halides is 1. The topological polar surface area (TPSA) is 17.3 Å². The first-order valence-corrected chi connectivity index (χ1v) is 5.21. The highest BCUT2D eigenvalue weighted by Gasteiger charge is 2.13. The molecular weight excluding hydrogens is 191 g/mol. The molecule has 0 saturated carbocycles. The van der Waals surface area contributed by atoms with E-state index in [-0.39, 0.29) is 0 Å². The number of fused-ring (bicyclic) bond motifs is 1. The number of rotatable bonds is 2. The van der Waals surface area contributed by atoms with Gasteiger partial charge in [0.05, 0.1) is 0 Å². The van der Waals surface area contributed by atoms with Crippen LogP contribution in [0.4, 0.5) is 4.39 Å². The average molecular weight is 206 g/mol. The molecule has 0 aliphatic rings. The molecule has 3 heteroatoms. The van der Waals surface area contributed by atoms with Gasteiger partial charge in [0.1, 0.15) is 11.8 Å². The van der Waals surface area contributed by atoms with E-state index in [0.717, 1.165) is 11.3 Å². The molecule has 2 aromatic heterocycles. The van der Waals surface area contributed by atoms with Gasteiger partial charge >= 0.3 is 0 Å². The molecule has 0 aromatic carbocycles. The lowest BCUT2D eigenvalue weighted by molar-refractivity contribution is 0.375. The molecule has 0 bridgehead atoms. The summed E-state index contributed by atoms with van der Waals surface area (Å²) in [6, 6.07) is 3.66. The Morgan fingerprint density at radius 2 is 2.07 bits per heavy atom. The van der Waals surface area contributed by atoms with E-state index in [1.165, 1.54) is 0 Å². The molecule has 2 nitrogen and oxygen atoms in total. The Morgan fingerprint density at radius 3 is 2.67 bits per heavy atom. The van der Waals surface area contributed by atoms with Crippen molar-refractivity contribution in [3.63, 3.8) is 0 Å². The Bertz CT molecular complexity index is 471. The summed E-state index contributed by atoms with van der Waals surface area (Å²) in [5.41, 5.74) is 2.51. The SMILES string of the molecule is CC(C)c1cnc2c(C(C)F)cccn12. The molecule has 80 valence electrons. The van der Waals surface area contributed by atoms with Crippen LogP contribution in [0.3, 0.4) is 0 Å². The highest BCUT2D eigenvalue weighted by molar-refractivity contribution is 5.50. The fraction of sp³-hybridized carbons (Fsp3) is 0.417. The van der Waals surface area contributed by atoms with Crippen molar-refractivity contribution >= 4 is 5.65 Å². The van der Waals surface area contributed by atoms with E-state index < -0.39 is 6.17 Å². The van der Waals surface area contributed by atoms with Gasteiger partial charge in [0, 0.05) is 23.7 Å². The van der Waals surface area contributed by atoms with Gasteiger partial charge in [-0.05, 0) is 18.9 Å². The number of hydrogen-bond donors (Lipinski definition) is 0. The Kier molecular flexibility index (Phi) is 2.47. The molecule has 0 aliphatic heterocycles. The quantitative estimate of drug-likeness (QED) is 0.735. The zero-order valence-electron chi connectivity index (χ0n) is 9.24. The second-order valence-electron chi connectivity index (χ2n) is 4.11. The van der Waals surface area contributed by atoms with Gasteiger partial charge in [-0.3, -0.25) is 0 Å². The summed E-state index contributed by atoms with van der Waals surface area (Å²) in [6.45, 7) is 5.75. The van der Waals surface area contributed by atoms with E-state index in [2.05, 4.69) is 18.8 Å². The maximum atomic E-state index is 13.3. The smallest absolute Gasteiger partial charge is 0.143 e. The molecular formula is C12H15FN2. The molecule has 1 atom stereocenters. The molecule has 0 amide bonds. The zero-order chi connectivity index (χ0) is 11.0. The number of halogens is 1. The summed E-state index contributed by atoms with van der Waals surface area (Å²) in [4.78, 5) is 4.28. The number of imidazole rings is 1. The van der Waals surface area contributed by atoms with Crippen LogP contribution in [0.25, 0.3) is 5.65 Å². The van der Waals surface area contributed by atoms with E-state index in [4.69, 9.17) is 0 Å². The maximum absolute atomic E-state index is 13.3. The third-order valence-corrected chi connectivity index (χ3v) is 2.61. The standard InChI is InChI=1S/C12H15FN2/c1-8(2)11-7-14-12-10(9(3)13)5-4-6-15(11)12/h4-9H,1-3H3. The molecule has 2 aromatic rings. The number of nitrogens with zero attached hydrogens (tertiary/aromatic N) is 2. The maximum Gasteiger partial charge on any atom is 0.143 e. The normalized spacial score (nSPS) is 13.7. The van der Waals surface area contributed by atoms with E-state index in [1.54, 1.807) is 13.0 Å². The van der Waals surface area contributed by atoms with Crippen LogP contribution in [0.2, 0.25) is 0 Å². The summed E-state index contributed by atoms with van der Waals surface area (Å²) in [5, 5.41) is 0. The highest BCUT2D eigenvalue weighted by atomic mass is 19.1. The lowest BCUT2D eigenvalue weighted by Crippen LogP contribution is -1.97. The average Bonchev–Trinajstić information content (AvgIpc) is 2.59. The van der Waals surface area contributed by atoms with Crippen LogP contribution in [0.5, 0.6) is 0 Å². The van der Waals surface area contributed by atoms with Gasteiger partial charge in [0.25, 0.3) is 0 Å². The molecule has 0 saturated heterocycles. The second kappa shape index (κ2) is 3.65. The molecule has 2 rings (SSSR count).